The van der Waals surface area contributed by atoms with Crippen LogP contribution in [0.15, 0.2) is 28.7 Å². The van der Waals surface area contributed by atoms with Gasteiger partial charge in [-0.15, -0.1) is 0 Å². The molecule has 1 atom stereocenters. The Kier molecular flexibility index (Phi) is 4.21. The van der Waals surface area contributed by atoms with Gasteiger partial charge in [0.1, 0.15) is 0 Å². The molecule has 5 nitrogen and oxygen atoms in total. The Bertz CT molecular complexity index is 506. The van der Waals surface area contributed by atoms with Crippen molar-refractivity contribution < 1.29 is 14.7 Å². The Morgan fingerprint density at radius 2 is 2.16 bits per heavy atom. The SMILES string of the molecule is CN1CC(=O)N(c2ccccc2Br)CC1CC(=O)O. The fraction of sp³-hybridized carbons (Fsp3) is 0.385. The maximum Gasteiger partial charge on any atom is 0.305 e. The molecule has 102 valence electrons. The van der Waals surface area contributed by atoms with Gasteiger partial charge in [0.25, 0.3) is 0 Å². The van der Waals surface area contributed by atoms with Gasteiger partial charge in [0, 0.05) is 17.1 Å². The molecule has 1 aliphatic heterocycles. The lowest BCUT2D eigenvalue weighted by Gasteiger charge is -2.38. The van der Waals surface area contributed by atoms with E-state index in [-0.39, 0.29) is 24.9 Å². The predicted molar refractivity (Wildman–Crippen MR) is 75.2 cm³/mol. The number of amides is 1. The number of likely N-dealkylation sites (N-methyl/N-ethyl adjacent to an activating group) is 1. The smallest absolute Gasteiger partial charge is 0.305 e. The van der Waals surface area contributed by atoms with Crippen LogP contribution in [0.5, 0.6) is 0 Å². The predicted octanol–water partition coefficient (Wildman–Crippen LogP) is 1.57. The van der Waals surface area contributed by atoms with Gasteiger partial charge in [-0.05, 0) is 35.1 Å². The van der Waals surface area contributed by atoms with E-state index in [1.54, 1.807) is 16.8 Å². The summed E-state index contributed by atoms with van der Waals surface area (Å²) in [4.78, 5) is 26.4. The Morgan fingerprint density at radius 3 is 2.79 bits per heavy atom. The van der Waals surface area contributed by atoms with Crippen molar-refractivity contribution in [1.29, 1.82) is 0 Å². The van der Waals surface area contributed by atoms with Crippen LogP contribution in [0, 0.1) is 0 Å². The van der Waals surface area contributed by atoms with E-state index in [1.807, 2.05) is 24.3 Å². The van der Waals surface area contributed by atoms with Crippen molar-refractivity contribution in [2.75, 3.05) is 25.0 Å². The molecule has 6 heteroatoms. The van der Waals surface area contributed by atoms with Crippen molar-refractivity contribution in [3.05, 3.63) is 28.7 Å². The van der Waals surface area contributed by atoms with Crippen molar-refractivity contribution in [1.82, 2.24) is 4.90 Å². The number of carbonyl (C=O) groups excluding carboxylic acids is 1. The van der Waals surface area contributed by atoms with Crippen LogP contribution in [-0.4, -0.2) is 48.1 Å². The minimum absolute atomic E-state index is 0.0176. The molecular formula is C13H15BrN2O3. The molecule has 1 fully saturated rings. The highest BCUT2D eigenvalue weighted by molar-refractivity contribution is 9.10. The molecule has 0 bridgehead atoms. The second kappa shape index (κ2) is 5.71. The van der Waals surface area contributed by atoms with Crippen LogP contribution in [0.3, 0.4) is 0 Å². The molecule has 1 N–H and O–H groups in total. The average molecular weight is 327 g/mol. The molecule has 0 saturated carbocycles. The molecule has 1 aromatic carbocycles. The third kappa shape index (κ3) is 3.13. The number of anilines is 1. The quantitative estimate of drug-likeness (QED) is 0.916. The summed E-state index contributed by atoms with van der Waals surface area (Å²) in [5.74, 6) is -0.866. The molecule has 1 aliphatic rings. The van der Waals surface area contributed by atoms with Gasteiger partial charge in [-0.2, -0.15) is 0 Å². The molecular weight excluding hydrogens is 312 g/mol. The van der Waals surface area contributed by atoms with E-state index in [0.717, 1.165) is 10.2 Å². The fourth-order valence-corrected chi connectivity index (χ4v) is 2.70. The molecule has 0 spiro atoms. The molecule has 2 rings (SSSR count). The topological polar surface area (TPSA) is 60.9 Å². The number of nitrogens with zero attached hydrogens (tertiary/aromatic N) is 2. The third-order valence-electron chi connectivity index (χ3n) is 3.26. The van der Waals surface area contributed by atoms with Crippen molar-refractivity contribution in [3.8, 4) is 0 Å². The van der Waals surface area contributed by atoms with Gasteiger partial charge in [0.15, 0.2) is 0 Å². The van der Waals surface area contributed by atoms with Crippen molar-refractivity contribution >= 4 is 33.5 Å². The standard InChI is InChI=1S/C13H15BrN2O3/c1-15-8-12(17)16(7-9(15)6-13(18)19)11-5-3-2-4-10(11)14/h2-5,9H,6-8H2,1H3,(H,18,19). The molecule has 1 amide bonds. The van der Waals surface area contributed by atoms with Gasteiger partial charge in [0.05, 0.1) is 18.7 Å². The second-order valence-electron chi connectivity index (χ2n) is 4.62. The molecule has 1 unspecified atom stereocenters. The summed E-state index contributed by atoms with van der Waals surface area (Å²) < 4.78 is 0.835. The fourth-order valence-electron chi connectivity index (χ4n) is 2.21. The van der Waals surface area contributed by atoms with Gasteiger partial charge in [-0.3, -0.25) is 14.5 Å². The van der Waals surface area contributed by atoms with Crippen LogP contribution in [0.1, 0.15) is 6.42 Å². The van der Waals surface area contributed by atoms with Crippen LogP contribution in [0.25, 0.3) is 0 Å². The summed E-state index contributed by atoms with van der Waals surface area (Å²) in [5, 5.41) is 8.92. The van der Waals surface area contributed by atoms with Crippen LogP contribution >= 0.6 is 15.9 Å². The largest absolute Gasteiger partial charge is 0.481 e. The number of halogens is 1. The summed E-state index contributed by atoms with van der Waals surface area (Å²) in [6.45, 7) is 0.628. The van der Waals surface area contributed by atoms with E-state index in [4.69, 9.17) is 5.11 Å². The normalized spacial score (nSPS) is 20.6. The van der Waals surface area contributed by atoms with E-state index >= 15 is 0 Å². The highest BCUT2D eigenvalue weighted by atomic mass is 79.9. The zero-order valence-electron chi connectivity index (χ0n) is 10.5. The number of aliphatic carboxylic acids is 1. The van der Waals surface area contributed by atoms with Crippen LogP contribution in [0.4, 0.5) is 5.69 Å². The lowest BCUT2D eigenvalue weighted by Crippen LogP contribution is -2.55. The van der Waals surface area contributed by atoms with Crippen molar-refractivity contribution in [3.63, 3.8) is 0 Å². The first-order valence-electron chi connectivity index (χ1n) is 5.96. The van der Waals surface area contributed by atoms with E-state index in [9.17, 15) is 9.59 Å². The monoisotopic (exact) mass is 326 g/mol. The first-order valence-corrected chi connectivity index (χ1v) is 6.75. The Hall–Kier alpha value is -1.40. The van der Waals surface area contributed by atoms with E-state index in [1.165, 1.54) is 0 Å². The molecule has 19 heavy (non-hydrogen) atoms. The Balaban J connectivity index is 2.23. The number of para-hydroxylation sites is 1. The molecule has 1 heterocycles. The first-order chi connectivity index (χ1) is 8.99. The van der Waals surface area contributed by atoms with Gasteiger partial charge in [0.2, 0.25) is 5.91 Å². The minimum Gasteiger partial charge on any atom is -0.481 e. The number of hydrogen-bond donors (Lipinski definition) is 1. The molecule has 0 aliphatic carbocycles. The van der Waals surface area contributed by atoms with Crippen LogP contribution < -0.4 is 4.90 Å². The second-order valence-corrected chi connectivity index (χ2v) is 5.48. The average Bonchev–Trinajstić information content (AvgIpc) is 2.33. The van der Waals surface area contributed by atoms with Crippen molar-refractivity contribution in [2.24, 2.45) is 0 Å². The van der Waals surface area contributed by atoms with E-state index < -0.39 is 5.97 Å². The highest BCUT2D eigenvalue weighted by Gasteiger charge is 2.32. The molecule has 1 saturated heterocycles. The first kappa shape index (κ1) is 14.0. The number of piperazine rings is 1. The molecule has 0 aromatic heterocycles. The Labute approximate surface area is 119 Å². The Morgan fingerprint density at radius 1 is 1.47 bits per heavy atom. The van der Waals surface area contributed by atoms with Crippen molar-refractivity contribution in [2.45, 2.75) is 12.5 Å². The lowest BCUT2D eigenvalue weighted by molar-refractivity contribution is -0.139. The number of carbonyl (C=O) groups is 2. The van der Waals surface area contributed by atoms with E-state index in [2.05, 4.69) is 15.9 Å². The van der Waals surface area contributed by atoms with Crippen LogP contribution in [-0.2, 0) is 9.59 Å². The summed E-state index contributed by atoms with van der Waals surface area (Å²) in [5.41, 5.74) is 0.788. The zero-order valence-corrected chi connectivity index (χ0v) is 12.1. The van der Waals surface area contributed by atoms with Gasteiger partial charge < -0.3 is 10.0 Å². The number of benzene rings is 1. The van der Waals surface area contributed by atoms with Gasteiger partial charge in [-0.25, -0.2) is 0 Å². The molecule has 0 radical (unpaired) electrons. The maximum atomic E-state index is 12.1. The summed E-state index contributed by atoms with van der Waals surface area (Å²) in [7, 11) is 1.78. The van der Waals surface area contributed by atoms with Gasteiger partial charge in [-0.1, -0.05) is 12.1 Å². The number of carboxylic acid groups (broad SMARTS) is 1. The van der Waals surface area contributed by atoms with Gasteiger partial charge >= 0.3 is 5.97 Å². The number of hydrogen-bond acceptors (Lipinski definition) is 3. The highest BCUT2D eigenvalue weighted by Crippen LogP contribution is 2.28. The minimum atomic E-state index is -0.849. The summed E-state index contributed by atoms with van der Waals surface area (Å²) in [6.07, 6.45) is 0.0325. The van der Waals surface area contributed by atoms with E-state index in [0.29, 0.717) is 6.54 Å². The third-order valence-corrected chi connectivity index (χ3v) is 3.93. The summed E-state index contributed by atoms with van der Waals surface area (Å²) in [6, 6.07) is 7.29. The summed E-state index contributed by atoms with van der Waals surface area (Å²) >= 11 is 3.42. The maximum absolute atomic E-state index is 12.1. The molecule has 1 aromatic rings. The van der Waals surface area contributed by atoms with Crippen LogP contribution in [0.2, 0.25) is 0 Å². The lowest BCUT2D eigenvalue weighted by atomic mass is 10.1. The zero-order chi connectivity index (χ0) is 14.0. The number of rotatable bonds is 3. The number of carboxylic acids is 1.